The summed E-state index contributed by atoms with van der Waals surface area (Å²) in [5, 5.41) is 60.3. The van der Waals surface area contributed by atoms with E-state index in [9.17, 15) is 53.4 Å². The number of carbonyl (C=O) groups is 9. The second-order valence-electron chi connectivity index (χ2n) is 21.2. The van der Waals surface area contributed by atoms with Crippen LogP contribution in [0.15, 0.2) is 60.7 Å². The molecule has 1 fully saturated rings. The highest BCUT2D eigenvalue weighted by atomic mass is 16.4. The molecule has 452 valence electrons. The van der Waals surface area contributed by atoms with Crippen LogP contribution >= 0.6 is 0 Å². The fourth-order valence-corrected chi connectivity index (χ4v) is 8.97. The molecular formula is C56H91N13O12. The Morgan fingerprint density at radius 1 is 0.494 bits per heavy atom. The summed E-state index contributed by atoms with van der Waals surface area (Å²) >= 11 is 0. The number of urea groups is 1. The number of nitrogens with one attached hydrogen (secondary N) is 11. The zero-order chi connectivity index (χ0) is 59.3. The average molecular weight is 1140 g/mol. The number of rotatable bonds is 35. The van der Waals surface area contributed by atoms with Crippen LogP contribution in [0.1, 0.15) is 108 Å². The van der Waals surface area contributed by atoms with E-state index in [1.54, 1.807) is 0 Å². The van der Waals surface area contributed by atoms with Gasteiger partial charge < -0.3 is 85.3 Å². The molecule has 1 saturated heterocycles. The minimum absolute atomic E-state index is 0.0119. The molecule has 0 radical (unpaired) electrons. The molecule has 0 aliphatic carbocycles. The van der Waals surface area contributed by atoms with Crippen LogP contribution in [0, 0.1) is 5.41 Å². The summed E-state index contributed by atoms with van der Waals surface area (Å²) in [4.78, 5) is 113. The first-order chi connectivity index (χ1) is 38.9. The average Bonchev–Trinajstić information content (AvgIpc) is 3.43. The van der Waals surface area contributed by atoms with Gasteiger partial charge in [0, 0.05) is 122 Å². The van der Waals surface area contributed by atoms with Crippen LogP contribution in [0.4, 0.5) is 4.79 Å². The van der Waals surface area contributed by atoms with Gasteiger partial charge in [0.25, 0.3) is 0 Å². The van der Waals surface area contributed by atoms with Crippen molar-refractivity contribution in [1.29, 1.82) is 0 Å². The SMILES string of the molecule is CC1(CN)CNCCNCC(CN)(NC(=O)CCCC(=O)NC(Cc2ccccc2)C(=O)NC(Cc2ccccc2)C(=O)NCCCCCCCC(=O)NCCCCC(NC(=O)NC(CCC(=O)O)C(=O)O)C(=O)O)CNCCNC1. The Morgan fingerprint density at radius 3 is 1.52 bits per heavy atom. The molecule has 1 heterocycles. The van der Waals surface area contributed by atoms with Crippen LogP contribution in [0.3, 0.4) is 0 Å². The van der Waals surface area contributed by atoms with Crippen molar-refractivity contribution in [2.45, 2.75) is 139 Å². The third-order valence-corrected chi connectivity index (χ3v) is 13.9. The highest BCUT2D eigenvalue weighted by Gasteiger charge is 2.32. The first-order valence-corrected chi connectivity index (χ1v) is 28.4. The monoisotopic (exact) mass is 1140 g/mol. The number of hydrogen-bond donors (Lipinski definition) is 16. The lowest BCUT2D eigenvalue weighted by Gasteiger charge is -2.35. The van der Waals surface area contributed by atoms with Crippen LogP contribution < -0.4 is 70.0 Å². The summed E-state index contributed by atoms with van der Waals surface area (Å²) in [7, 11) is 0. The zero-order valence-electron chi connectivity index (χ0n) is 47.1. The van der Waals surface area contributed by atoms with Crippen LogP contribution in [0.5, 0.6) is 0 Å². The zero-order valence-corrected chi connectivity index (χ0v) is 47.1. The molecule has 18 N–H and O–H groups in total. The molecule has 25 heteroatoms. The topological polar surface area (TPSA) is 399 Å². The Kier molecular flexibility index (Phi) is 32.8. The van der Waals surface area contributed by atoms with Gasteiger partial charge >= 0.3 is 23.9 Å². The van der Waals surface area contributed by atoms with Crippen molar-refractivity contribution in [3.8, 4) is 0 Å². The summed E-state index contributed by atoms with van der Waals surface area (Å²) in [6.45, 7) is 8.63. The highest BCUT2D eigenvalue weighted by molar-refractivity contribution is 5.92. The van der Waals surface area contributed by atoms with Gasteiger partial charge in [-0.2, -0.15) is 0 Å². The van der Waals surface area contributed by atoms with Crippen LogP contribution in [-0.4, -0.2) is 177 Å². The Morgan fingerprint density at radius 2 is 0.975 bits per heavy atom. The number of unbranched alkanes of at least 4 members (excludes halogenated alkanes) is 5. The van der Waals surface area contributed by atoms with E-state index >= 15 is 0 Å². The smallest absolute Gasteiger partial charge is 0.326 e. The lowest BCUT2D eigenvalue weighted by molar-refractivity contribution is -0.141. The molecular weight excluding hydrogens is 1050 g/mol. The van der Waals surface area contributed by atoms with Crippen LogP contribution in [-0.2, 0) is 51.2 Å². The Bertz CT molecular complexity index is 2230. The van der Waals surface area contributed by atoms with Gasteiger partial charge in [-0.15, -0.1) is 0 Å². The van der Waals surface area contributed by atoms with Crippen molar-refractivity contribution in [3.63, 3.8) is 0 Å². The van der Waals surface area contributed by atoms with Gasteiger partial charge in [0.05, 0.1) is 5.54 Å². The Hall–Kier alpha value is -6.77. The van der Waals surface area contributed by atoms with Crippen molar-refractivity contribution in [2.24, 2.45) is 16.9 Å². The molecule has 0 aromatic heterocycles. The fourth-order valence-electron chi connectivity index (χ4n) is 8.97. The molecule has 81 heavy (non-hydrogen) atoms. The van der Waals surface area contributed by atoms with Crippen molar-refractivity contribution in [2.75, 3.05) is 78.5 Å². The first-order valence-electron chi connectivity index (χ1n) is 28.4. The summed E-state index contributed by atoms with van der Waals surface area (Å²) in [5.74, 6) is -5.78. The molecule has 0 bridgehead atoms. The van der Waals surface area contributed by atoms with E-state index in [0.717, 1.165) is 43.5 Å². The number of carboxylic acids is 3. The standard InChI is InChI=1S/C56H91N13O12/c1-55(34-57)36-59-28-30-61-38-56(35-58,39-62-31-29-60-37-55)69-48(72)23-15-22-47(71)65-45(33-41-18-9-6-10-19-41)51(76)66-44(32-40-16-7-5-8-17-40)50(75)64-27-13-4-2-3-11-21-46(70)63-26-14-12-20-42(52(77)78)67-54(81)68-43(53(79)80)24-25-49(73)74/h5-10,16-19,42-45,59-62H,2-4,11-15,20-39,57-58H2,1H3,(H,63,70)(H,64,75)(H,65,71)(H,66,76)(H,69,72)(H,73,74)(H,77,78)(H,79,80)(H2,67,68,81). The van der Waals surface area contributed by atoms with E-state index in [1.165, 1.54) is 0 Å². The Balaban J connectivity index is 1.45. The maximum Gasteiger partial charge on any atom is 0.326 e. The maximum absolute atomic E-state index is 14.1. The molecule has 4 atom stereocenters. The quantitative estimate of drug-likeness (QED) is 0.0390. The van der Waals surface area contributed by atoms with Gasteiger partial charge in [0.15, 0.2) is 0 Å². The molecule has 7 amide bonds. The molecule has 3 rings (SSSR count). The molecule has 25 nitrogen and oxygen atoms in total. The van der Waals surface area contributed by atoms with Gasteiger partial charge in [-0.05, 0) is 56.1 Å². The number of amides is 7. The van der Waals surface area contributed by atoms with E-state index < -0.39 is 71.9 Å². The van der Waals surface area contributed by atoms with E-state index in [-0.39, 0.29) is 87.6 Å². The molecule has 1 aliphatic heterocycles. The fraction of sp³-hybridized carbons (Fsp3) is 0.625. The van der Waals surface area contributed by atoms with Gasteiger partial charge in [-0.3, -0.25) is 28.8 Å². The molecule has 2 aromatic rings. The summed E-state index contributed by atoms with van der Waals surface area (Å²) in [6.07, 6.45) is 4.40. The van der Waals surface area contributed by atoms with E-state index in [1.807, 2.05) is 60.7 Å². The summed E-state index contributed by atoms with van der Waals surface area (Å²) in [6, 6.07) is 12.6. The lowest BCUT2D eigenvalue weighted by atomic mass is 9.90. The van der Waals surface area contributed by atoms with E-state index in [4.69, 9.17) is 16.6 Å². The van der Waals surface area contributed by atoms with E-state index in [2.05, 4.69) is 65.4 Å². The van der Waals surface area contributed by atoms with Crippen molar-refractivity contribution in [1.82, 2.24) is 58.5 Å². The second kappa shape index (κ2) is 38.8. The molecule has 4 unspecified atom stereocenters. The van der Waals surface area contributed by atoms with Crippen molar-refractivity contribution in [3.05, 3.63) is 71.8 Å². The lowest BCUT2D eigenvalue weighted by Crippen LogP contribution is -2.65. The maximum atomic E-state index is 14.1. The third-order valence-electron chi connectivity index (χ3n) is 13.9. The molecule has 1 aliphatic rings. The highest BCUT2D eigenvalue weighted by Crippen LogP contribution is 2.13. The van der Waals surface area contributed by atoms with Gasteiger partial charge in [-0.25, -0.2) is 14.4 Å². The second-order valence-corrected chi connectivity index (χ2v) is 21.2. The molecule has 2 aromatic carbocycles. The molecule has 0 spiro atoms. The van der Waals surface area contributed by atoms with Crippen molar-refractivity contribution >= 4 is 53.5 Å². The third kappa shape index (κ3) is 29.5. The predicted octanol–water partition coefficient (Wildman–Crippen LogP) is -0.424. The minimum Gasteiger partial charge on any atom is -0.481 e. The number of benzene rings is 2. The number of carboxylic acid groups (broad SMARTS) is 3. The first kappa shape index (κ1) is 68.5. The number of aliphatic carboxylic acids is 3. The van der Waals surface area contributed by atoms with E-state index in [0.29, 0.717) is 78.0 Å². The largest absolute Gasteiger partial charge is 0.481 e. The normalized spacial score (nSPS) is 18.5. The predicted molar refractivity (Wildman–Crippen MR) is 306 cm³/mol. The van der Waals surface area contributed by atoms with Crippen LogP contribution in [0.2, 0.25) is 0 Å². The van der Waals surface area contributed by atoms with Crippen molar-refractivity contribution < 1.29 is 58.5 Å². The summed E-state index contributed by atoms with van der Waals surface area (Å²) < 4.78 is 0. The molecule has 0 saturated carbocycles. The van der Waals surface area contributed by atoms with Gasteiger partial charge in [0.2, 0.25) is 29.5 Å². The Labute approximate surface area is 475 Å². The van der Waals surface area contributed by atoms with Crippen LogP contribution in [0.25, 0.3) is 0 Å². The number of nitrogens with two attached hydrogens (primary N) is 2. The number of hydrogen-bond acceptors (Lipinski definition) is 15. The minimum atomic E-state index is -1.51. The number of carbonyl (C=O) groups excluding carboxylic acids is 6. The van der Waals surface area contributed by atoms with Gasteiger partial charge in [0.1, 0.15) is 24.2 Å². The summed E-state index contributed by atoms with van der Waals surface area (Å²) in [5.41, 5.74) is 13.1. The van der Waals surface area contributed by atoms with Gasteiger partial charge in [-0.1, -0.05) is 86.8 Å².